The first-order valence-corrected chi connectivity index (χ1v) is 9.47. The molecule has 0 spiro atoms. The zero-order chi connectivity index (χ0) is 19.0. The zero-order valence-corrected chi connectivity index (χ0v) is 16.9. The van der Waals surface area contributed by atoms with Crippen molar-refractivity contribution >= 4 is 5.78 Å². The molecule has 1 aliphatic heterocycles. The lowest BCUT2D eigenvalue weighted by molar-refractivity contribution is -0.123. The molecule has 0 fully saturated rings. The van der Waals surface area contributed by atoms with Crippen molar-refractivity contribution in [3.63, 3.8) is 0 Å². The molecule has 2 atom stereocenters. The number of carbonyl (C=O) groups excluding carboxylic acids is 1. The summed E-state index contributed by atoms with van der Waals surface area (Å²) in [6.07, 6.45) is 2.43. The maximum Gasteiger partial charge on any atom is 0.161 e. The quantitative estimate of drug-likeness (QED) is 0.784. The van der Waals surface area contributed by atoms with E-state index in [1.54, 1.807) is 14.2 Å². The molecule has 0 saturated heterocycles. The Morgan fingerprint density at radius 1 is 1.16 bits per heavy atom. The minimum Gasteiger partial charge on any atom is -0.493 e. The van der Waals surface area contributed by atoms with Crippen molar-refractivity contribution in [3.8, 4) is 11.5 Å². The molecule has 1 aliphatic rings. The molecule has 1 N–H and O–H groups in total. The summed E-state index contributed by atoms with van der Waals surface area (Å²) >= 11 is 0. The number of hydrogen-bond donors (Lipinski definition) is 1. The number of nitrogens with one attached hydrogen (secondary N) is 1. The van der Waals surface area contributed by atoms with Crippen LogP contribution in [0.15, 0.2) is 12.1 Å². The summed E-state index contributed by atoms with van der Waals surface area (Å²) < 4.78 is 10.8. The van der Waals surface area contributed by atoms with Gasteiger partial charge in [0.25, 0.3) is 0 Å². The molecule has 4 heteroatoms. The first-order valence-electron chi connectivity index (χ1n) is 9.47. The summed E-state index contributed by atoms with van der Waals surface area (Å²) in [4.78, 5) is 12.5. The van der Waals surface area contributed by atoms with Crippen LogP contribution in [0.25, 0.3) is 0 Å². The van der Waals surface area contributed by atoms with E-state index >= 15 is 0 Å². The lowest BCUT2D eigenvalue weighted by Gasteiger charge is -2.28. The fourth-order valence-corrected chi connectivity index (χ4v) is 3.39. The molecule has 25 heavy (non-hydrogen) atoms. The summed E-state index contributed by atoms with van der Waals surface area (Å²) in [6, 6.07) is 4.13. The van der Waals surface area contributed by atoms with Gasteiger partial charge in [-0.15, -0.1) is 0 Å². The molecule has 2 unspecified atom stereocenters. The van der Waals surface area contributed by atoms with E-state index in [4.69, 9.17) is 9.47 Å². The van der Waals surface area contributed by atoms with Gasteiger partial charge in [-0.3, -0.25) is 4.79 Å². The number of methoxy groups -OCH3 is 2. The van der Waals surface area contributed by atoms with Crippen LogP contribution >= 0.6 is 0 Å². The number of Topliss-reactive ketones (excluding diaryl/α,β-unsaturated/α-hetero) is 1. The average Bonchev–Trinajstić information content (AvgIpc) is 2.61. The second-order valence-electron chi connectivity index (χ2n) is 6.86. The molecule has 2 rings (SSSR count). The monoisotopic (exact) mass is 349 g/mol. The number of fused-ring (bicyclic) bond motifs is 1. The first kappa shape index (κ1) is 21.5. The molecule has 142 valence electrons. The molecular weight excluding hydrogens is 314 g/mol. The topological polar surface area (TPSA) is 47.6 Å². The van der Waals surface area contributed by atoms with Gasteiger partial charge in [-0.25, -0.2) is 0 Å². The number of ketones is 1. The third kappa shape index (κ3) is 5.74. The maximum atomic E-state index is 12.5. The summed E-state index contributed by atoms with van der Waals surface area (Å²) in [6.45, 7) is 11.3. The Bertz CT molecular complexity index is 554. The summed E-state index contributed by atoms with van der Waals surface area (Å²) in [7, 11) is 3.30. The normalized spacial score (nSPS) is 17.2. The molecule has 0 aromatic heterocycles. The Balaban J connectivity index is 0.00000151. The summed E-state index contributed by atoms with van der Waals surface area (Å²) in [5, 5.41) is 3.49. The van der Waals surface area contributed by atoms with Crippen LogP contribution in [0.3, 0.4) is 0 Å². The van der Waals surface area contributed by atoms with Crippen molar-refractivity contribution in [1.82, 2.24) is 5.32 Å². The number of hydrogen-bond acceptors (Lipinski definition) is 4. The molecule has 1 aromatic rings. The van der Waals surface area contributed by atoms with Crippen LogP contribution in [0.5, 0.6) is 11.5 Å². The van der Waals surface area contributed by atoms with Gasteiger partial charge in [0.2, 0.25) is 0 Å². The molecule has 0 aliphatic carbocycles. The zero-order valence-electron chi connectivity index (χ0n) is 16.9. The number of carbonyl (C=O) groups is 1. The lowest BCUT2D eigenvalue weighted by atomic mass is 9.86. The van der Waals surface area contributed by atoms with Crippen LogP contribution in [-0.2, 0) is 11.2 Å². The average molecular weight is 350 g/mol. The molecule has 1 heterocycles. The van der Waals surface area contributed by atoms with Crippen LogP contribution in [0.2, 0.25) is 0 Å². The van der Waals surface area contributed by atoms with Gasteiger partial charge >= 0.3 is 0 Å². The fourth-order valence-electron chi connectivity index (χ4n) is 3.39. The number of ether oxygens (including phenoxy) is 2. The highest BCUT2D eigenvalue weighted by Crippen LogP contribution is 2.36. The van der Waals surface area contributed by atoms with Gasteiger partial charge in [-0.1, -0.05) is 34.6 Å². The van der Waals surface area contributed by atoms with Crippen molar-refractivity contribution < 1.29 is 14.3 Å². The smallest absolute Gasteiger partial charge is 0.161 e. The van der Waals surface area contributed by atoms with Gasteiger partial charge in [-0.05, 0) is 48.6 Å². The van der Waals surface area contributed by atoms with E-state index in [1.165, 1.54) is 11.1 Å². The van der Waals surface area contributed by atoms with E-state index in [0.29, 0.717) is 18.1 Å². The van der Waals surface area contributed by atoms with Crippen LogP contribution < -0.4 is 14.8 Å². The Labute approximate surface area is 153 Å². The Kier molecular flexibility index (Phi) is 8.98. The van der Waals surface area contributed by atoms with E-state index in [9.17, 15) is 4.79 Å². The molecule has 4 nitrogen and oxygen atoms in total. The Hall–Kier alpha value is -1.55. The molecule has 0 bridgehead atoms. The van der Waals surface area contributed by atoms with Gasteiger partial charge in [0, 0.05) is 18.4 Å². The van der Waals surface area contributed by atoms with Crippen LogP contribution in [-0.4, -0.2) is 26.5 Å². The van der Waals surface area contributed by atoms with Crippen molar-refractivity contribution in [2.24, 2.45) is 11.8 Å². The van der Waals surface area contributed by atoms with Crippen molar-refractivity contribution in [2.75, 3.05) is 20.8 Å². The van der Waals surface area contributed by atoms with E-state index in [0.717, 1.165) is 30.9 Å². The second kappa shape index (κ2) is 10.4. The molecule has 0 saturated carbocycles. The summed E-state index contributed by atoms with van der Waals surface area (Å²) in [5.41, 5.74) is 2.41. The van der Waals surface area contributed by atoms with Crippen molar-refractivity contribution in [1.29, 1.82) is 0 Å². The lowest BCUT2D eigenvalue weighted by Crippen LogP contribution is -2.32. The van der Waals surface area contributed by atoms with E-state index < -0.39 is 0 Å². The Morgan fingerprint density at radius 3 is 2.32 bits per heavy atom. The van der Waals surface area contributed by atoms with Gasteiger partial charge in [0.1, 0.15) is 5.78 Å². The summed E-state index contributed by atoms with van der Waals surface area (Å²) in [5.74, 6) is 2.47. The van der Waals surface area contributed by atoms with Gasteiger partial charge < -0.3 is 14.8 Å². The van der Waals surface area contributed by atoms with Crippen LogP contribution in [0.4, 0.5) is 0 Å². The fraction of sp³-hybridized carbons (Fsp3) is 0.667. The first-order chi connectivity index (χ1) is 12.0. The van der Waals surface area contributed by atoms with Crippen molar-refractivity contribution in [3.05, 3.63) is 23.3 Å². The third-order valence-corrected chi connectivity index (χ3v) is 4.59. The van der Waals surface area contributed by atoms with Gasteiger partial charge in [-0.2, -0.15) is 0 Å². The van der Waals surface area contributed by atoms with Crippen LogP contribution in [0, 0.1) is 11.8 Å². The predicted molar refractivity (Wildman–Crippen MR) is 104 cm³/mol. The molecule has 0 radical (unpaired) electrons. The SMILES string of the molecule is CC.COc1cc2c(cc1OC)C(CC(=O)C(C)CC(C)C)NCC2. The highest BCUT2D eigenvalue weighted by molar-refractivity contribution is 5.81. The van der Waals surface area contributed by atoms with Gasteiger partial charge in [0.15, 0.2) is 11.5 Å². The minimum absolute atomic E-state index is 0.0701. The van der Waals surface area contributed by atoms with Gasteiger partial charge in [0.05, 0.1) is 14.2 Å². The highest BCUT2D eigenvalue weighted by atomic mass is 16.5. The number of benzene rings is 1. The predicted octanol–water partition coefficient (Wildman–Crippen LogP) is 4.56. The highest BCUT2D eigenvalue weighted by Gasteiger charge is 2.26. The van der Waals surface area contributed by atoms with Crippen molar-refractivity contribution in [2.45, 2.75) is 59.9 Å². The standard InChI is InChI=1S/C19H29NO3.C2H6/c1-12(2)8-13(3)17(21)11-16-15-10-19(23-5)18(22-4)9-14(15)6-7-20-16;1-2/h9-10,12-13,16,20H,6-8,11H2,1-5H3;1-2H3. The number of rotatable bonds is 7. The molecule has 0 amide bonds. The van der Waals surface area contributed by atoms with Crippen LogP contribution in [0.1, 0.15) is 64.6 Å². The minimum atomic E-state index is 0.0701. The molecular formula is C21H35NO3. The largest absolute Gasteiger partial charge is 0.493 e. The van der Waals surface area contributed by atoms with E-state index in [-0.39, 0.29) is 12.0 Å². The maximum absolute atomic E-state index is 12.5. The molecule has 1 aromatic carbocycles. The Morgan fingerprint density at radius 2 is 1.76 bits per heavy atom. The second-order valence-corrected chi connectivity index (χ2v) is 6.86. The van der Waals surface area contributed by atoms with E-state index in [2.05, 4.69) is 19.2 Å². The third-order valence-electron chi connectivity index (χ3n) is 4.59. The van der Waals surface area contributed by atoms with E-state index in [1.807, 2.05) is 32.9 Å².